The Labute approximate surface area is 93.8 Å². The Balaban J connectivity index is 2.84. The van der Waals surface area contributed by atoms with Crippen molar-refractivity contribution in [2.45, 2.75) is 0 Å². The number of hydrogen-bond acceptors (Lipinski definition) is 1. The number of hydrogen-bond donors (Lipinski definition) is 0. The van der Waals surface area contributed by atoms with Crippen LogP contribution in [0.5, 0.6) is 5.75 Å². The van der Waals surface area contributed by atoms with Gasteiger partial charge in [0.05, 0.1) is 7.11 Å². The van der Waals surface area contributed by atoms with Gasteiger partial charge < -0.3 is 4.74 Å². The molecule has 15 heavy (non-hydrogen) atoms. The molecular weight excluding hydrogens is 266 g/mol. The summed E-state index contributed by atoms with van der Waals surface area (Å²) in [4.78, 5) is 0. The predicted molar refractivity (Wildman–Crippen MR) is 58.1 cm³/mol. The molecule has 0 heterocycles. The van der Waals surface area contributed by atoms with Crippen LogP contribution < -0.4 is 4.74 Å². The van der Waals surface area contributed by atoms with Crippen molar-refractivity contribution in [3.63, 3.8) is 0 Å². The van der Waals surface area contributed by atoms with Crippen LogP contribution in [0.15, 0.2) is 28.7 Å². The van der Waals surface area contributed by atoms with Gasteiger partial charge in [0.1, 0.15) is 0 Å². The predicted octanol–water partition coefficient (Wildman–Crippen LogP) is 3.89. The normalized spacial score (nSPS) is 10.7. The van der Waals surface area contributed by atoms with Crippen molar-refractivity contribution in [2.75, 3.05) is 7.11 Å². The molecule has 0 aromatic heterocycles. The first-order valence-corrected chi connectivity index (χ1v) is 5.04. The highest BCUT2D eigenvalue weighted by Crippen LogP contribution is 2.30. The summed E-state index contributed by atoms with van der Waals surface area (Å²) in [5.41, 5.74) is 0. The van der Waals surface area contributed by atoms with Crippen LogP contribution in [0.4, 0.5) is 8.78 Å². The Morgan fingerprint density at radius 3 is 2.60 bits per heavy atom. The zero-order valence-electron chi connectivity index (χ0n) is 7.85. The van der Waals surface area contributed by atoms with E-state index in [0.717, 1.165) is 4.47 Å². The molecular formula is C11H7BrF2O. The molecule has 4 heteroatoms. The SMILES string of the molecule is COc1c(F)cc2cc(Br)ccc2c1F. The van der Waals surface area contributed by atoms with Crippen LogP contribution in [0.3, 0.4) is 0 Å². The number of ether oxygens (including phenoxy) is 1. The molecule has 2 rings (SSSR count). The molecule has 0 unspecified atom stereocenters. The van der Waals surface area contributed by atoms with E-state index in [0.29, 0.717) is 10.8 Å². The Kier molecular flexibility index (Phi) is 2.61. The second kappa shape index (κ2) is 3.77. The maximum atomic E-state index is 13.7. The van der Waals surface area contributed by atoms with Crippen LogP contribution in [-0.2, 0) is 0 Å². The van der Waals surface area contributed by atoms with Crippen molar-refractivity contribution in [3.05, 3.63) is 40.4 Å². The molecule has 0 fully saturated rings. The third kappa shape index (κ3) is 1.69. The van der Waals surface area contributed by atoms with Gasteiger partial charge in [-0.15, -0.1) is 0 Å². The first kappa shape index (κ1) is 10.4. The van der Waals surface area contributed by atoms with Crippen molar-refractivity contribution in [3.8, 4) is 5.75 Å². The molecule has 0 amide bonds. The van der Waals surface area contributed by atoms with Crippen molar-refractivity contribution < 1.29 is 13.5 Å². The average molecular weight is 273 g/mol. The van der Waals surface area contributed by atoms with E-state index in [2.05, 4.69) is 20.7 Å². The molecule has 0 atom stereocenters. The number of methoxy groups -OCH3 is 1. The van der Waals surface area contributed by atoms with E-state index in [-0.39, 0.29) is 5.75 Å². The molecule has 78 valence electrons. The maximum absolute atomic E-state index is 13.7. The Morgan fingerprint density at radius 1 is 1.20 bits per heavy atom. The average Bonchev–Trinajstić information content (AvgIpc) is 2.17. The van der Waals surface area contributed by atoms with Crippen LogP contribution in [-0.4, -0.2) is 7.11 Å². The summed E-state index contributed by atoms with van der Waals surface area (Å²) in [5.74, 6) is -1.70. The monoisotopic (exact) mass is 272 g/mol. The summed E-state index contributed by atoms with van der Waals surface area (Å²) in [6, 6.07) is 6.18. The summed E-state index contributed by atoms with van der Waals surface area (Å²) >= 11 is 3.24. The zero-order chi connectivity index (χ0) is 11.0. The van der Waals surface area contributed by atoms with Gasteiger partial charge in [-0.3, -0.25) is 0 Å². The van der Waals surface area contributed by atoms with Gasteiger partial charge in [0.15, 0.2) is 17.4 Å². The highest BCUT2D eigenvalue weighted by Gasteiger charge is 2.13. The summed E-state index contributed by atoms with van der Waals surface area (Å²) in [7, 11) is 1.24. The van der Waals surface area contributed by atoms with Crippen molar-refractivity contribution in [1.29, 1.82) is 0 Å². The molecule has 2 aromatic rings. The van der Waals surface area contributed by atoms with Crippen LogP contribution in [0.1, 0.15) is 0 Å². The van der Waals surface area contributed by atoms with Crippen molar-refractivity contribution >= 4 is 26.7 Å². The molecule has 0 radical (unpaired) electrons. The van der Waals surface area contributed by atoms with E-state index in [1.165, 1.54) is 13.2 Å². The van der Waals surface area contributed by atoms with Gasteiger partial charge in [-0.25, -0.2) is 8.78 Å². The molecule has 0 saturated carbocycles. The second-order valence-electron chi connectivity index (χ2n) is 3.07. The lowest BCUT2D eigenvalue weighted by atomic mass is 10.1. The van der Waals surface area contributed by atoms with Gasteiger partial charge >= 0.3 is 0 Å². The van der Waals surface area contributed by atoms with E-state index in [1.54, 1.807) is 18.2 Å². The molecule has 1 nitrogen and oxygen atoms in total. The molecule has 0 aliphatic heterocycles. The third-order valence-electron chi connectivity index (χ3n) is 2.15. The standard InChI is InChI=1S/C11H7BrF2O/c1-15-11-9(13)5-6-4-7(12)2-3-8(6)10(11)14/h2-5H,1H3. The fourth-order valence-corrected chi connectivity index (χ4v) is 1.85. The lowest BCUT2D eigenvalue weighted by Crippen LogP contribution is -1.93. The van der Waals surface area contributed by atoms with Crippen LogP contribution in [0.25, 0.3) is 10.8 Å². The fourth-order valence-electron chi connectivity index (χ4n) is 1.47. The Morgan fingerprint density at radius 2 is 1.93 bits per heavy atom. The zero-order valence-corrected chi connectivity index (χ0v) is 9.44. The molecule has 2 aromatic carbocycles. The topological polar surface area (TPSA) is 9.23 Å². The minimum absolute atomic E-state index is 0.343. The summed E-state index contributed by atoms with van der Waals surface area (Å²) in [6.07, 6.45) is 0. The van der Waals surface area contributed by atoms with Crippen molar-refractivity contribution in [1.82, 2.24) is 0 Å². The minimum atomic E-state index is -0.694. The largest absolute Gasteiger partial charge is 0.491 e. The van der Waals surface area contributed by atoms with Gasteiger partial charge in [-0.2, -0.15) is 0 Å². The first-order chi connectivity index (χ1) is 7.13. The molecule has 0 bridgehead atoms. The highest BCUT2D eigenvalue weighted by molar-refractivity contribution is 9.10. The van der Waals surface area contributed by atoms with Crippen LogP contribution in [0.2, 0.25) is 0 Å². The third-order valence-corrected chi connectivity index (χ3v) is 2.65. The lowest BCUT2D eigenvalue weighted by Gasteiger charge is -2.07. The summed E-state index contributed by atoms with van der Waals surface area (Å²) in [6.45, 7) is 0. The Bertz CT molecular complexity index is 525. The number of rotatable bonds is 1. The van der Waals surface area contributed by atoms with E-state index in [9.17, 15) is 8.78 Å². The number of benzene rings is 2. The van der Waals surface area contributed by atoms with Crippen LogP contribution in [0, 0.1) is 11.6 Å². The van der Waals surface area contributed by atoms with E-state index in [4.69, 9.17) is 0 Å². The second-order valence-corrected chi connectivity index (χ2v) is 3.99. The summed E-state index contributed by atoms with van der Waals surface area (Å²) < 4.78 is 32.4. The smallest absolute Gasteiger partial charge is 0.191 e. The quantitative estimate of drug-likeness (QED) is 0.765. The molecule has 0 saturated heterocycles. The lowest BCUT2D eigenvalue weighted by molar-refractivity contribution is 0.362. The minimum Gasteiger partial charge on any atom is -0.491 e. The van der Waals surface area contributed by atoms with Gasteiger partial charge in [-0.05, 0) is 23.6 Å². The summed E-state index contributed by atoms with van der Waals surface area (Å²) in [5, 5.41) is 0.844. The van der Waals surface area contributed by atoms with Gasteiger partial charge in [0.25, 0.3) is 0 Å². The van der Waals surface area contributed by atoms with Gasteiger partial charge in [0.2, 0.25) is 0 Å². The van der Waals surface area contributed by atoms with E-state index < -0.39 is 11.6 Å². The molecule has 0 aliphatic carbocycles. The maximum Gasteiger partial charge on any atom is 0.191 e. The van der Waals surface area contributed by atoms with Gasteiger partial charge in [-0.1, -0.05) is 22.0 Å². The number of fused-ring (bicyclic) bond motifs is 1. The highest BCUT2D eigenvalue weighted by atomic mass is 79.9. The molecule has 0 spiro atoms. The van der Waals surface area contributed by atoms with E-state index in [1.807, 2.05) is 0 Å². The fraction of sp³-hybridized carbons (Fsp3) is 0.0909. The van der Waals surface area contributed by atoms with Crippen LogP contribution >= 0.6 is 15.9 Å². The van der Waals surface area contributed by atoms with E-state index >= 15 is 0 Å². The van der Waals surface area contributed by atoms with Crippen molar-refractivity contribution in [2.24, 2.45) is 0 Å². The molecule has 0 aliphatic rings. The Hall–Kier alpha value is -1.16. The molecule has 0 N–H and O–H groups in total. The first-order valence-electron chi connectivity index (χ1n) is 4.24. The van der Waals surface area contributed by atoms with Gasteiger partial charge in [0, 0.05) is 9.86 Å². The number of halogens is 3.